The minimum Gasteiger partial charge on any atom is -0.312 e. The van der Waals surface area contributed by atoms with Gasteiger partial charge in [-0.05, 0) is 25.3 Å². The highest BCUT2D eigenvalue weighted by Gasteiger charge is 2.17. The summed E-state index contributed by atoms with van der Waals surface area (Å²) in [5, 5.41) is 2.12. The first-order valence-electron chi connectivity index (χ1n) is 6.41. The molecule has 2 aromatic carbocycles. The van der Waals surface area contributed by atoms with Crippen LogP contribution in [0.5, 0.6) is 0 Å². The molecule has 3 heteroatoms. The smallest absolute Gasteiger partial charge is 0.234 e. The van der Waals surface area contributed by atoms with E-state index < -0.39 is 0 Å². The summed E-state index contributed by atoms with van der Waals surface area (Å²) in [5.74, 6) is -0.255. The van der Waals surface area contributed by atoms with Crippen LogP contribution < -0.4 is 4.90 Å². The fourth-order valence-corrected chi connectivity index (χ4v) is 2.23. The number of hydrogen-bond acceptors (Lipinski definition) is 2. The lowest BCUT2D eigenvalue weighted by Gasteiger charge is -2.22. The molecule has 0 aliphatic heterocycles. The van der Waals surface area contributed by atoms with E-state index in [0.29, 0.717) is 6.54 Å². The Hall–Kier alpha value is -2.16. The number of fused-ring (bicyclic) bond motifs is 1. The number of benzene rings is 2. The zero-order chi connectivity index (χ0) is 13.8. The van der Waals surface area contributed by atoms with Crippen molar-refractivity contribution in [1.82, 2.24) is 0 Å². The second kappa shape index (κ2) is 5.65. The van der Waals surface area contributed by atoms with Crippen molar-refractivity contribution in [3.05, 3.63) is 42.5 Å². The van der Waals surface area contributed by atoms with Gasteiger partial charge in [0.25, 0.3) is 0 Å². The molecule has 1 amide bonds. The number of rotatable bonds is 4. The zero-order valence-corrected chi connectivity index (χ0v) is 11.2. The van der Waals surface area contributed by atoms with Gasteiger partial charge >= 0.3 is 0 Å². The molecule has 98 valence electrons. The van der Waals surface area contributed by atoms with Gasteiger partial charge in [0, 0.05) is 11.9 Å². The van der Waals surface area contributed by atoms with Crippen LogP contribution in [0.15, 0.2) is 42.5 Å². The molecule has 0 unspecified atom stereocenters. The topological polar surface area (TPSA) is 37.4 Å². The third-order valence-electron chi connectivity index (χ3n) is 3.07. The Bertz CT molecular complexity index is 614. The van der Waals surface area contributed by atoms with Gasteiger partial charge in [0.15, 0.2) is 0 Å². The third-order valence-corrected chi connectivity index (χ3v) is 3.07. The maximum atomic E-state index is 12.1. The van der Waals surface area contributed by atoms with E-state index in [1.807, 2.05) is 49.4 Å². The summed E-state index contributed by atoms with van der Waals surface area (Å²) in [5.41, 5.74) is 0.867. The normalized spacial score (nSPS) is 10.4. The SMILES string of the molecule is CCN(C(=O)CC(C)=O)c1cccc2ccccc12. The quantitative estimate of drug-likeness (QED) is 0.787. The number of ketones is 1. The minimum atomic E-state index is -0.147. The Labute approximate surface area is 112 Å². The van der Waals surface area contributed by atoms with E-state index in [4.69, 9.17) is 0 Å². The largest absolute Gasteiger partial charge is 0.312 e. The van der Waals surface area contributed by atoms with Gasteiger partial charge in [-0.1, -0.05) is 36.4 Å². The highest BCUT2D eigenvalue weighted by molar-refractivity contribution is 6.09. The number of hydrogen-bond donors (Lipinski definition) is 0. The number of nitrogens with zero attached hydrogens (tertiary/aromatic N) is 1. The fraction of sp³-hybridized carbons (Fsp3) is 0.250. The Morgan fingerprint density at radius 1 is 1.05 bits per heavy atom. The average molecular weight is 255 g/mol. The molecule has 0 atom stereocenters. The first-order valence-corrected chi connectivity index (χ1v) is 6.41. The van der Waals surface area contributed by atoms with Crippen molar-refractivity contribution >= 4 is 28.2 Å². The molecular weight excluding hydrogens is 238 g/mol. The van der Waals surface area contributed by atoms with Crippen LogP contribution in [0.3, 0.4) is 0 Å². The Morgan fingerprint density at radius 2 is 1.74 bits per heavy atom. The first kappa shape index (κ1) is 13.3. The Morgan fingerprint density at radius 3 is 2.42 bits per heavy atom. The monoisotopic (exact) mass is 255 g/mol. The van der Waals surface area contributed by atoms with E-state index in [9.17, 15) is 9.59 Å². The van der Waals surface area contributed by atoms with Crippen LogP contribution in [0.25, 0.3) is 10.8 Å². The molecule has 0 fully saturated rings. The highest BCUT2D eigenvalue weighted by Crippen LogP contribution is 2.27. The van der Waals surface area contributed by atoms with Crippen LogP contribution in [-0.4, -0.2) is 18.2 Å². The molecule has 0 saturated carbocycles. The molecule has 0 spiro atoms. The number of Topliss-reactive ketones (excluding diaryl/α,β-unsaturated/α-hetero) is 1. The Kier molecular flexibility index (Phi) is 3.95. The molecule has 2 aromatic rings. The van der Waals surface area contributed by atoms with Crippen molar-refractivity contribution in [2.75, 3.05) is 11.4 Å². The van der Waals surface area contributed by atoms with Crippen LogP contribution in [-0.2, 0) is 9.59 Å². The van der Waals surface area contributed by atoms with Crippen molar-refractivity contribution in [3.63, 3.8) is 0 Å². The van der Waals surface area contributed by atoms with Gasteiger partial charge in [-0.3, -0.25) is 9.59 Å². The second-order valence-corrected chi connectivity index (χ2v) is 4.52. The summed E-state index contributed by atoms with van der Waals surface area (Å²) in [6, 6.07) is 13.8. The van der Waals surface area contributed by atoms with Gasteiger partial charge < -0.3 is 4.90 Å². The van der Waals surface area contributed by atoms with E-state index in [2.05, 4.69) is 0 Å². The molecule has 0 aromatic heterocycles. The lowest BCUT2D eigenvalue weighted by atomic mass is 10.1. The van der Waals surface area contributed by atoms with Crippen LogP contribution in [0.4, 0.5) is 5.69 Å². The molecule has 0 radical (unpaired) electrons. The molecule has 0 aliphatic carbocycles. The highest BCUT2D eigenvalue weighted by atomic mass is 16.2. The predicted octanol–water partition coefficient (Wildman–Crippen LogP) is 3.17. The van der Waals surface area contributed by atoms with E-state index >= 15 is 0 Å². The molecular formula is C16H17NO2. The molecule has 2 rings (SSSR count). The van der Waals surface area contributed by atoms with E-state index in [0.717, 1.165) is 16.5 Å². The van der Waals surface area contributed by atoms with E-state index in [-0.39, 0.29) is 18.1 Å². The standard InChI is InChI=1S/C16H17NO2/c1-3-17(16(19)11-12(2)18)15-10-6-8-13-7-4-5-9-14(13)15/h4-10H,3,11H2,1-2H3. The summed E-state index contributed by atoms with van der Waals surface area (Å²) in [4.78, 5) is 24.9. The number of amides is 1. The molecule has 19 heavy (non-hydrogen) atoms. The van der Waals surface area contributed by atoms with Gasteiger partial charge in [0.05, 0.1) is 12.1 Å². The van der Waals surface area contributed by atoms with Gasteiger partial charge in [0.2, 0.25) is 5.91 Å². The molecule has 0 N–H and O–H groups in total. The van der Waals surface area contributed by atoms with Gasteiger partial charge in [0.1, 0.15) is 5.78 Å². The Balaban J connectivity index is 2.46. The lowest BCUT2D eigenvalue weighted by Crippen LogP contribution is -2.31. The summed E-state index contributed by atoms with van der Waals surface area (Å²) in [6.07, 6.45) is -0.0446. The fourth-order valence-electron chi connectivity index (χ4n) is 2.23. The summed E-state index contributed by atoms with van der Waals surface area (Å²) in [7, 11) is 0. The third kappa shape index (κ3) is 2.81. The molecule has 0 bridgehead atoms. The van der Waals surface area contributed by atoms with Crippen molar-refractivity contribution in [1.29, 1.82) is 0 Å². The van der Waals surface area contributed by atoms with Crippen LogP contribution in [0, 0.1) is 0 Å². The van der Waals surface area contributed by atoms with Gasteiger partial charge in [-0.15, -0.1) is 0 Å². The second-order valence-electron chi connectivity index (χ2n) is 4.52. The van der Waals surface area contributed by atoms with Gasteiger partial charge in [-0.2, -0.15) is 0 Å². The number of carbonyl (C=O) groups is 2. The molecule has 0 aliphatic rings. The maximum absolute atomic E-state index is 12.1. The lowest BCUT2D eigenvalue weighted by molar-refractivity contribution is -0.125. The van der Waals surface area contributed by atoms with E-state index in [1.54, 1.807) is 4.90 Å². The summed E-state index contributed by atoms with van der Waals surface area (Å²) >= 11 is 0. The van der Waals surface area contributed by atoms with Crippen molar-refractivity contribution < 1.29 is 9.59 Å². The summed E-state index contributed by atoms with van der Waals surface area (Å²) < 4.78 is 0. The average Bonchev–Trinajstić information content (AvgIpc) is 2.39. The molecule has 3 nitrogen and oxygen atoms in total. The van der Waals surface area contributed by atoms with Crippen molar-refractivity contribution in [3.8, 4) is 0 Å². The predicted molar refractivity (Wildman–Crippen MR) is 77.3 cm³/mol. The number of anilines is 1. The zero-order valence-electron chi connectivity index (χ0n) is 11.2. The van der Waals surface area contributed by atoms with Crippen molar-refractivity contribution in [2.24, 2.45) is 0 Å². The van der Waals surface area contributed by atoms with E-state index in [1.165, 1.54) is 6.92 Å². The van der Waals surface area contributed by atoms with Crippen LogP contribution in [0.1, 0.15) is 20.3 Å². The molecule has 0 heterocycles. The van der Waals surface area contributed by atoms with Crippen molar-refractivity contribution in [2.45, 2.75) is 20.3 Å². The summed E-state index contributed by atoms with van der Waals surface area (Å²) in [6.45, 7) is 3.91. The number of carbonyl (C=O) groups excluding carboxylic acids is 2. The maximum Gasteiger partial charge on any atom is 0.234 e. The van der Waals surface area contributed by atoms with Crippen LogP contribution >= 0.6 is 0 Å². The first-order chi connectivity index (χ1) is 9.13. The van der Waals surface area contributed by atoms with Crippen LogP contribution in [0.2, 0.25) is 0 Å². The minimum absolute atomic E-state index is 0.0446. The van der Waals surface area contributed by atoms with Gasteiger partial charge in [-0.25, -0.2) is 0 Å². The molecule has 0 saturated heterocycles.